The van der Waals surface area contributed by atoms with Gasteiger partial charge in [-0.3, -0.25) is 4.90 Å². The average molecular weight is 184 g/mol. The molecule has 0 rings (SSSR count). The van der Waals surface area contributed by atoms with Crippen LogP contribution in [0.1, 0.15) is 39.5 Å². The van der Waals surface area contributed by atoms with Crippen molar-refractivity contribution in [3.63, 3.8) is 0 Å². The number of unbranched alkanes of at least 4 members (excludes halogenated alkanes) is 2. The van der Waals surface area contributed by atoms with Gasteiger partial charge in [-0.05, 0) is 32.1 Å². The largest absolute Gasteiger partial charge is 0.405 e. The van der Waals surface area contributed by atoms with E-state index < -0.39 is 0 Å². The first-order valence-electron chi connectivity index (χ1n) is 5.44. The monoisotopic (exact) mass is 184 g/mol. The maximum absolute atomic E-state index is 5.33. The Bertz CT molecular complexity index is 113. The Kier molecular flexibility index (Phi) is 9.22. The summed E-state index contributed by atoms with van der Waals surface area (Å²) < 4.78 is 0. The maximum atomic E-state index is 5.33. The normalized spacial score (nSPS) is 11.6. The van der Waals surface area contributed by atoms with E-state index in [0.717, 1.165) is 6.54 Å². The summed E-state index contributed by atoms with van der Waals surface area (Å²) in [6, 6.07) is 0. The molecule has 0 bridgehead atoms. The van der Waals surface area contributed by atoms with Crippen molar-refractivity contribution < 1.29 is 0 Å². The molecule has 0 fully saturated rings. The van der Waals surface area contributed by atoms with Gasteiger partial charge in [-0.1, -0.05) is 32.8 Å². The van der Waals surface area contributed by atoms with Gasteiger partial charge >= 0.3 is 0 Å². The molecule has 0 aliphatic carbocycles. The molecule has 0 saturated carbocycles. The topological polar surface area (TPSA) is 29.3 Å². The van der Waals surface area contributed by atoms with E-state index in [2.05, 4.69) is 18.7 Å². The smallest absolute Gasteiger partial charge is 0.0180 e. The average Bonchev–Trinajstić information content (AvgIpc) is 2.17. The number of nitrogens with two attached hydrogens (primary N) is 1. The molecule has 0 aromatic carbocycles. The van der Waals surface area contributed by atoms with Crippen molar-refractivity contribution in [1.82, 2.24) is 4.90 Å². The third kappa shape index (κ3) is 7.85. The van der Waals surface area contributed by atoms with Gasteiger partial charge in [0.25, 0.3) is 0 Å². The lowest BCUT2D eigenvalue weighted by Crippen LogP contribution is -2.26. The molecule has 0 heterocycles. The summed E-state index contributed by atoms with van der Waals surface area (Å²) in [6.45, 7) is 7.89. The van der Waals surface area contributed by atoms with Crippen LogP contribution in [0.3, 0.4) is 0 Å². The number of hydrogen-bond donors (Lipinski definition) is 1. The van der Waals surface area contributed by atoms with E-state index in [1.807, 2.05) is 6.08 Å². The molecule has 2 heteroatoms. The third-order valence-electron chi connectivity index (χ3n) is 2.16. The van der Waals surface area contributed by atoms with Gasteiger partial charge in [-0.2, -0.15) is 0 Å². The van der Waals surface area contributed by atoms with Gasteiger partial charge in [0.15, 0.2) is 0 Å². The molecule has 0 aromatic rings. The van der Waals surface area contributed by atoms with Crippen molar-refractivity contribution in [3.8, 4) is 0 Å². The highest BCUT2D eigenvalue weighted by Crippen LogP contribution is 1.98. The molecule has 0 spiro atoms. The van der Waals surface area contributed by atoms with Crippen LogP contribution >= 0.6 is 0 Å². The van der Waals surface area contributed by atoms with E-state index in [0.29, 0.717) is 0 Å². The summed E-state index contributed by atoms with van der Waals surface area (Å²) in [5, 5.41) is 0. The second-order valence-corrected chi connectivity index (χ2v) is 3.44. The van der Waals surface area contributed by atoms with Crippen molar-refractivity contribution in [2.75, 3.05) is 19.6 Å². The zero-order chi connectivity index (χ0) is 9.94. The highest BCUT2D eigenvalue weighted by molar-refractivity contribution is 4.80. The molecular formula is C11H24N2. The summed E-state index contributed by atoms with van der Waals surface area (Å²) in [4.78, 5) is 2.47. The van der Waals surface area contributed by atoms with Gasteiger partial charge in [0.05, 0.1) is 0 Å². The molecule has 0 saturated heterocycles. The van der Waals surface area contributed by atoms with Gasteiger partial charge in [0.1, 0.15) is 0 Å². The van der Waals surface area contributed by atoms with Crippen LogP contribution in [0.2, 0.25) is 0 Å². The van der Waals surface area contributed by atoms with Crippen molar-refractivity contribution in [2.24, 2.45) is 5.73 Å². The lowest BCUT2D eigenvalue weighted by Gasteiger charge is -2.19. The molecule has 0 aromatic heterocycles. The first kappa shape index (κ1) is 12.5. The number of hydrogen-bond acceptors (Lipinski definition) is 2. The fraction of sp³-hybridized carbons (Fsp3) is 0.818. The van der Waals surface area contributed by atoms with Crippen LogP contribution in [-0.4, -0.2) is 24.5 Å². The van der Waals surface area contributed by atoms with Crippen molar-refractivity contribution in [2.45, 2.75) is 39.5 Å². The lowest BCUT2D eigenvalue weighted by molar-refractivity contribution is 0.292. The third-order valence-corrected chi connectivity index (χ3v) is 2.16. The van der Waals surface area contributed by atoms with Crippen molar-refractivity contribution >= 4 is 0 Å². The standard InChI is InChI=1S/C11H24N2/c1-3-5-9-13(10-6-4-2)11-7-8-12/h7-8H,3-6,9-12H2,1-2H3/b8-7+. The Balaban J connectivity index is 3.59. The van der Waals surface area contributed by atoms with Gasteiger partial charge < -0.3 is 5.73 Å². The zero-order valence-corrected chi connectivity index (χ0v) is 9.13. The van der Waals surface area contributed by atoms with E-state index >= 15 is 0 Å². The lowest BCUT2D eigenvalue weighted by atomic mass is 10.2. The molecule has 2 nitrogen and oxygen atoms in total. The first-order valence-corrected chi connectivity index (χ1v) is 5.44. The van der Waals surface area contributed by atoms with E-state index in [1.165, 1.54) is 38.8 Å². The minimum atomic E-state index is 1.01. The highest BCUT2D eigenvalue weighted by Gasteiger charge is 2.00. The Morgan fingerprint density at radius 1 is 1.08 bits per heavy atom. The van der Waals surface area contributed by atoms with Crippen molar-refractivity contribution in [3.05, 3.63) is 12.3 Å². The Hall–Kier alpha value is -0.500. The minimum absolute atomic E-state index is 1.01. The Labute approximate surface area is 82.8 Å². The van der Waals surface area contributed by atoms with Gasteiger partial charge in [-0.15, -0.1) is 0 Å². The summed E-state index contributed by atoms with van der Waals surface area (Å²) in [5.41, 5.74) is 5.33. The predicted molar refractivity (Wildman–Crippen MR) is 59.6 cm³/mol. The molecule has 78 valence electrons. The van der Waals surface area contributed by atoms with Crippen LogP contribution in [0.4, 0.5) is 0 Å². The summed E-state index contributed by atoms with van der Waals surface area (Å²) in [7, 11) is 0. The maximum Gasteiger partial charge on any atom is 0.0180 e. The molecule has 0 atom stereocenters. The molecule has 2 N–H and O–H groups in total. The fourth-order valence-corrected chi connectivity index (χ4v) is 1.27. The number of nitrogens with zero attached hydrogens (tertiary/aromatic N) is 1. The molecule has 0 amide bonds. The highest BCUT2D eigenvalue weighted by atomic mass is 15.1. The van der Waals surface area contributed by atoms with Crippen molar-refractivity contribution in [1.29, 1.82) is 0 Å². The molecule has 0 radical (unpaired) electrons. The summed E-state index contributed by atoms with van der Waals surface area (Å²) >= 11 is 0. The first-order chi connectivity index (χ1) is 6.35. The fourth-order valence-electron chi connectivity index (χ4n) is 1.27. The van der Waals surface area contributed by atoms with Crippen LogP contribution in [0.5, 0.6) is 0 Å². The minimum Gasteiger partial charge on any atom is -0.405 e. The Morgan fingerprint density at radius 3 is 2.00 bits per heavy atom. The van der Waals surface area contributed by atoms with E-state index in [-0.39, 0.29) is 0 Å². The van der Waals surface area contributed by atoms with Crippen LogP contribution in [-0.2, 0) is 0 Å². The van der Waals surface area contributed by atoms with Crippen LogP contribution in [0.25, 0.3) is 0 Å². The summed E-state index contributed by atoms with van der Waals surface area (Å²) in [6.07, 6.45) is 8.81. The number of rotatable bonds is 8. The quantitative estimate of drug-likeness (QED) is 0.627. The molecule has 0 aliphatic heterocycles. The van der Waals surface area contributed by atoms with Crippen LogP contribution in [0, 0.1) is 0 Å². The molecular weight excluding hydrogens is 160 g/mol. The van der Waals surface area contributed by atoms with Crippen LogP contribution in [0.15, 0.2) is 12.3 Å². The second kappa shape index (κ2) is 9.59. The summed E-state index contributed by atoms with van der Waals surface area (Å²) in [5.74, 6) is 0. The van der Waals surface area contributed by atoms with Gasteiger partial charge in [-0.25, -0.2) is 0 Å². The van der Waals surface area contributed by atoms with E-state index in [9.17, 15) is 0 Å². The van der Waals surface area contributed by atoms with Gasteiger partial charge in [0.2, 0.25) is 0 Å². The second-order valence-electron chi connectivity index (χ2n) is 3.44. The Morgan fingerprint density at radius 2 is 1.62 bits per heavy atom. The van der Waals surface area contributed by atoms with Gasteiger partial charge in [0, 0.05) is 6.54 Å². The molecule has 13 heavy (non-hydrogen) atoms. The van der Waals surface area contributed by atoms with E-state index in [1.54, 1.807) is 6.20 Å². The predicted octanol–water partition coefficient (Wildman–Crippen LogP) is 2.36. The SMILES string of the molecule is CCCCN(C/C=C/N)CCCC. The van der Waals surface area contributed by atoms with Crippen LogP contribution < -0.4 is 5.73 Å². The molecule has 0 aliphatic rings. The molecule has 0 unspecified atom stereocenters. The zero-order valence-electron chi connectivity index (χ0n) is 9.13. The van der Waals surface area contributed by atoms with E-state index in [4.69, 9.17) is 5.73 Å².